The molecular weight excluding hydrogens is 491 g/mol. The third-order valence-corrected chi connectivity index (χ3v) is 4.54. The highest BCUT2D eigenvalue weighted by Gasteiger charge is 2.27. The number of rotatable bonds is 4. The highest BCUT2D eigenvalue weighted by atomic mass is 127. The average molecular weight is 523 g/mol. The summed E-state index contributed by atoms with van der Waals surface area (Å²) >= 11 is 6.02. The van der Waals surface area contributed by atoms with Crippen LogP contribution in [-0.2, 0) is 11.3 Å². The van der Waals surface area contributed by atoms with Gasteiger partial charge in [-0.25, -0.2) is 4.79 Å². The molecule has 1 fully saturated rings. The van der Waals surface area contributed by atoms with Crippen molar-refractivity contribution in [1.82, 2.24) is 15.5 Å². The molecule has 1 heterocycles. The Morgan fingerprint density at radius 3 is 2.75 bits per heavy atom. The standard InChI is InChI=1S/C20H31ClN4O2.HI/c1-20(2,3)27-19(26)25-10-6-8-16(14-25)13-24-18(22-4)23-12-15-7-5-9-17(21)11-15;/h5,7,9,11,16H,6,8,10,12-14H2,1-4H3,(H2,22,23,24);1H. The van der Waals surface area contributed by atoms with E-state index < -0.39 is 5.60 Å². The molecule has 6 nitrogen and oxygen atoms in total. The maximum Gasteiger partial charge on any atom is 0.410 e. The van der Waals surface area contributed by atoms with Gasteiger partial charge in [0.2, 0.25) is 0 Å². The smallest absolute Gasteiger partial charge is 0.410 e. The summed E-state index contributed by atoms with van der Waals surface area (Å²) < 4.78 is 5.49. The Morgan fingerprint density at radius 2 is 2.11 bits per heavy atom. The summed E-state index contributed by atoms with van der Waals surface area (Å²) in [4.78, 5) is 18.4. The molecule has 28 heavy (non-hydrogen) atoms. The van der Waals surface area contributed by atoms with Crippen LogP contribution >= 0.6 is 35.6 Å². The minimum atomic E-state index is -0.464. The average Bonchev–Trinajstić information content (AvgIpc) is 2.61. The van der Waals surface area contributed by atoms with Gasteiger partial charge >= 0.3 is 6.09 Å². The molecule has 1 unspecified atom stereocenters. The monoisotopic (exact) mass is 522 g/mol. The molecule has 0 saturated carbocycles. The summed E-state index contributed by atoms with van der Waals surface area (Å²) in [5.41, 5.74) is 0.633. The second-order valence-corrected chi connectivity index (χ2v) is 8.31. The van der Waals surface area contributed by atoms with Crippen LogP contribution in [0.25, 0.3) is 0 Å². The number of aliphatic imine (C=N–C) groups is 1. The van der Waals surface area contributed by atoms with Crippen LogP contribution in [0.5, 0.6) is 0 Å². The van der Waals surface area contributed by atoms with E-state index in [4.69, 9.17) is 16.3 Å². The lowest BCUT2D eigenvalue weighted by atomic mass is 9.98. The lowest BCUT2D eigenvalue weighted by Gasteiger charge is -2.34. The fraction of sp³-hybridized carbons (Fsp3) is 0.600. The number of guanidine groups is 1. The van der Waals surface area contributed by atoms with E-state index in [0.717, 1.165) is 42.5 Å². The number of piperidine rings is 1. The third-order valence-electron chi connectivity index (χ3n) is 4.30. The van der Waals surface area contributed by atoms with Crippen molar-refractivity contribution in [2.24, 2.45) is 10.9 Å². The summed E-state index contributed by atoms with van der Waals surface area (Å²) in [6, 6.07) is 7.74. The minimum absolute atomic E-state index is 0. The highest BCUT2D eigenvalue weighted by molar-refractivity contribution is 14.0. The number of benzene rings is 1. The van der Waals surface area contributed by atoms with Crippen molar-refractivity contribution in [1.29, 1.82) is 0 Å². The van der Waals surface area contributed by atoms with Gasteiger partial charge in [-0.15, -0.1) is 24.0 Å². The molecule has 1 aliphatic rings. The Labute approximate surface area is 190 Å². The normalized spacial score (nSPS) is 17.5. The lowest BCUT2D eigenvalue weighted by molar-refractivity contribution is 0.0168. The fourth-order valence-corrected chi connectivity index (χ4v) is 3.23. The van der Waals surface area contributed by atoms with Crippen LogP contribution in [0.4, 0.5) is 4.79 Å². The number of hydrogen-bond donors (Lipinski definition) is 2. The topological polar surface area (TPSA) is 66.0 Å². The Kier molecular flexibility index (Phi) is 10.4. The van der Waals surface area contributed by atoms with Gasteiger partial charge in [0.1, 0.15) is 5.60 Å². The number of carbonyl (C=O) groups excluding carboxylic acids is 1. The first-order valence-corrected chi connectivity index (χ1v) is 9.81. The predicted molar refractivity (Wildman–Crippen MR) is 126 cm³/mol. The maximum absolute atomic E-state index is 12.3. The van der Waals surface area contributed by atoms with Gasteiger partial charge in [0, 0.05) is 38.2 Å². The molecule has 0 bridgehead atoms. The van der Waals surface area contributed by atoms with Crippen LogP contribution in [0.1, 0.15) is 39.2 Å². The lowest BCUT2D eigenvalue weighted by Crippen LogP contribution is -2.47. The fourth-order valence-electron chi connectivity index (χ4n) is 3.02. The van der Waals surface area contributed by atoms with Crippen LogP contribution in [-0.4, -0.2) is 49.2 Å². The number of hydrogen-bond acceptors (Lipinski definition) is 3. The molecule has 1 aromatic carbocycles. The first-order valence-electron chi connectivity index (χ1n) is 9.44. The molecule has 8 heteroatoms. The summed E-state index contributed by atoms with van der Waals surface area (Å²) in [5.74, 6) is 1.11. The van der Waals surface area contributed by atoms with Crippen molar-refractivity contribution in [2.45, 2.75) is 45.8 Å². The van der Waals surface area contributed by atoms with E-state index in [1.807, 2.05) is 49.9 Å². The zero-order valence-corrected chi connectivity index (χ0v) is 20.2. The largest absolute Gasteiger partial charge is 0.444 e. The van der Waals surface area contributed by atoms with Crippen molar-refractivity contribution in [3.63, 3.8) is 0 Å². The molecular formula is C20H32ClIN4O2. The van der Waals surface area contributed by atoms with Gasteiger partial charge in [0.05, 0.1) is 0 Å². The van der Waals surface area contributed by atoms with Gasteiger partial charge < -0.3 is 20.3 Å². The number of nitrogens with one attached hydrogen (secondary N) is 2. The van der Waals surface area contributed by atoms with E-state index in [1.54, 1.807) is 7.05 Å². The molecule has 1 saturated heterocycles. The SMILES string of the molecule is CN=C(NCc1cccc(Cl)c1)NCC1CCCN(C(=O)OC(C)(C)C)C1.I. The molecule has 0 spiro atoms. The van der Waals surface area contributed by atoms with E-state index >= 15 is 0 Å². The van der Waals surface area contributed by atoms with Gasteiger partial charge in [-0.05, 0) is 57.2 Å². The predicted octanol–water partition coefficient (Wildman–Crippen LogP) is 4.27. The number of amides is 1. The molecule has 0 aliphatic carbocycles. The Bertz CT molecular complexity index is 664. The quantitative estimate of drug-likeness (QED) is 0.352. The molecule has 0 aromatic heterocycles. The molecule has 1 aromatic rings. The van der Waals surface area contributed by atoms with Gasteiger partial charge in [0.15, 0.2) is 5.96 Å². The maximum atomic E-state index is 12.3. The van der Waals surface area contributed by atoms with E-state index in [2.05, 4.69) is 15.6 Å². The van der Waals surface area contributed by atoms with Gasteiger partial charge in [0.25, 0.3) is 0 Å². The number of likely N-dealkylation sites (tertiary alicyclic amines) is 1. The summed E-state index contributed by atoms with van der Waals surface area (Å²) in [6.45, 7) is 8.54. The third kappa shape index (κ3) is 8.86. The first-order chi connectivity index (χ1) is 12.8. The van der Waals surface area contributed by atoms with Crippen molar-refractivity contribution in [2.75, 3.05) is 26.7 Å². The van der Waals surface area contributed by atoms with Crippen molar-refractivity contribution < 1.29 is 9.53 Å². The van der Waals surface area contributed by atoms with E-state index in [-0.39, 0.29) is 30.1 Å². The zero-order chi connectivity index (χ0) is 19.9. The molecule has 0 radical (unpaired) electrons. The van der Waals surface area contributed by atoms with Crippen LogP contribution in [0.2, 0.25) is 5.02 Å². The number of ether oxygens (including phenoxy) is 1. The zero-order valence-electron chi connectivity index (χ0n) is 17.1. The molecule has 1 amide bonds. The summed E-state index contributed by atoms with van der Waals surface area (Å²) in [5, 5.41) is 7.38. The van der Waals surface area contributed by atoms with E-state index in [9.17, 15) is 4.79 Å². The number of nitrogens with zero attached hydrogens (tertiary/aromatic N) is 2. The van der Waals surface area contributed by atoms with Gasteiger partial charge in [-0.1, -0.05) is 23.7 Å². The van der Waals surface area contributed by atoms with E-state index in [0.29, 0.717) is 19.0 Å². The van der Waals surface area contributed by atoms with Crippen molar-refractivity contribution in [3.8, 4) is 0 Å². The van der Waals surface area contributed by atoms with Gasteiger partial charge in [-0.3, -0.25) is 4.99 Å². The first kappa shape index (κ1) is 24.8. The van der Waals surface area contributed by atoms with Crippen LogP contribution < -0.4 is 10.6 Å². The molecule has 2 rings (SSSR count). The van der Waals surface area contributed by atoms with Gasteiger partial charge in [-0.2, -0.15) is 0 Å². The highest BCUT2D eigenvalue weighted by Crippen LogP contribution is 2.19. The Balaban J connectivity index is 0.00000392. The molecule has 1 aliphatic heterocycles. The van der Waals surface area contributed by atoms with Crippen LogP contribution in [0, 0.1) is 5.92 Å². The molecule has 1 atom stereocenters. The van der Waals surface area contributed by atoms with Crippen molar-refractivity contribution in [3.05, 3.63) is 34.9 Å². The molecule has 2 N–H and O–H groups in total. The Morgan fingerprint density at radius 1 is 1.36 bits per heavy atom. The second-order valence-electron chi connectivity index (χ2n) is 7.87. The summed E-state index contributed by atoms with van der Waals surface area (Å²) in [6.07, 6.45) is 1.84. The summed E-state index contributed by atoms with van der Waals surface area (Å²) in [7, 11) is 1.75. The minimum Gasteiger partial charge on any atom is -0.444 e. The van der Waals surface area contributed by atoms with Crippen LogP contribution in [0.3, 0.4) is 0 Å². The van der Waals surface area contributed by atoms with E-state index in [1.165, 1.54) is 0 Å². The van der Waals surface area contributed by atoms with Crippen LogP contribution in [0.15, 0.2) is 29.3 Å². The second kappa shape index (κ2) is 11.7. The van der Waals surface area contributed by atoms with Crippen molar-refractivity contribution >= 4 is 47.6 Å². The Hall–Kier alpha value is -1.22. The number of halogens is 2. The number of carbonyl (C=O) groups is 1. The molecule has 158 valence electrons.